The summed E-state index contributed by atoms with van der Waals surface area (Å²) in [6.45, 7) is 3.73. The second kappa shape index (κ2) is 7.98. The highest BCUT2D eigenvalue weighted by Crippen LogP contribution is 1.99. The Morgan fingerprint density at radius 2 is 2.10 bits per heavy atom. The van der Waals surface area contributed by atoms with Gasteiger partial charge in [0.2, 0.25) is 5.91 Å². The van der Waals surface area contributed by atoms with E-state index in [1.165, 1.54) is 17.2 Å². The SMILES string of the molecule is CCOC(=O)CN(CC)C(=O)CNC(=O)c1ccco1. The number of rotatable bonds is 7. The number of furan rings is 1. The van der Waals surface area contributed by atoms with Crippen LogP contribution in [0, 0.1) is 0 Å². The molecule has 7 heteroatoms. The Hall–Kier alpha value is -2.31. The van der Waals surface area contributed by atoms with Crippen LogP contribution >= 0.6 is 0 Å². The molecule has 0 spiro atoms. The minimum atomic E-state index is -0.476. The molecule has 2 amide bonds. The van der Waals surface area contributed by atoms with E-state index in [4.69, 9.17) is 9.15 Å². The van der Waals surface area contributed by atoms with Crippen molar-refractivity contribution in [2.24, 2.45) is 0 Å². The zero-order valence-corrected chi connectivity index (χ0v) is 11.5. The van der Waals surface area contributed by atoms with Gasteiger partial charge in [-0.15, -0.1) is 0 Å². The highest BCUT2D eigenvalue weighted by molar-refractivity contribution is 5.94. The number of likely N-dealkylation sites (N-methyl/N-ethyl adjacent to an activating group) is 1. The van der Waals surface area contributed by atoms with E-state index in [-0.39, 0.29) is 31.4 Å². The molecule has 1 N–H and O–H groups in total. The largest absolute Gasteiger partial charge is 0.465 e. The number of carbonyl (C=O) groups excluding carboxylic acids is 3. The molecule has 0 unspecified atom stereocenters. The maximum Gasteiger partial charge on any atom is 0.325 e. The van der Waals surface area contributed by atoms with Crippen molar-refractivity contribution in [1.29, 1.82) is 0 Å². The molecule has 7 nitrogen and oxygen atoms in total. The molecule has 0 bridgehead atoms. The van der Waals surface area contributed by atoms with Gasteiger partial charge in [-0.1, -0.05) is 0 Å². The summed E-state index contributed by atoms with van der Waals surface area (Å²) < 4.78 is 9.67. The summed E-state index contributed by atoms with van der Waals surface area (Å²) in [6.07, 6.45) is 1.37. The van der Waals surface area contributed by atoms with E-state index < -0.39 is 11.9 Å². The van der Waals surface area contributed by atoms with Crippen LogP contribution in [0.1, 0.15) is 24.4 Å². The minimum absolute atomic E-state index is 0.125. The Balaban J connectivity index is 2.43. The van der Waals surface area contributed by atoms with E-state index >= 15 is 0 Å². The van der Waals surface area contributed by atoms with E-state index in [0.29, 0.717) is 6.54 Å². The Morgan fingerprint density at radius 3 is 2.65 bits per heavy atom. The van der Waals surface area contributed by atoms with Crippen LogP contribution in [0.5, 0.6) is 0 Å². The average Bonchev–Trinajstić information content (AvgIpc) is 2.96. The Bertz CT molecular complexity index is 455. The van der Waals surface area contributed by atoms with Gasteiger partial charge in [-0.3, -0.25) is 14.4 Å². The summed E-state index contributed by atoms with van der Waals surface area (Å²) in [7, 11) is 0. The van der Waals surface area contributed by atoms with Crippen LogP contribution in [0.2, 0.25) is 0 Å². The van der Waals surface area contributed by atoms with Gasteiger partial charge in [-0.2, -0.15) is 0 Å². The predicted octanol–water partition coefficient (Wildman–Crippen LogP) is 0.421. The van der Waals surface area contributed by atoms with Gasteiger partial charge in [0.15, 0.2) is 5.76 Å². The first kappa shape index (κ1) is 15.7. The van der Waals surface area contributed by atoms with Crippen molar-refractivity contribution in [3.8, 4) is 0 Å². The zero-order chi connectivity index (χ0) is 15.0. The summed E-state index contributed by atoms with van der Waals surface area (Å²) in [6, 6.07) is 3.08. The summed E-state index contributed by atoms with van der Waals surface area (Å²) in [4.78, 5) is 36.1. The molecule has 20 heavy (non-hydrogen) atoms. The molecule has 0 aromatic carbocycles. The smallest absolute Gasteiger partial charge is 0.325 e. The lowest BCUT2D eigenvalue weighted by Gasteiger charge is -2.19. The average molecular weight is 282 g/mol. The third-order valence-corrected chi connectivity index (χ3v) is 2.50. The Labute approximate surface area is 116 Å². The Kier molecular flexibility index (Phi) is 6.28. The van der Waals surface area contributed by atoms with Gasteiger partial charge in [-0.25, -0.2) is 0 Å². The van der Waals surface area contributed by atoms with Gasteiger partial charge in [0, 0.05) is 6.54 Å². The molecule has 0 saturated carbocycles. The number of esters is 1. The van der Waals surface area contributed by atoms with Crippen LogP contribution in [0.15, 0.2) is 22.8 Å². The van der Waals surface area contributed by atoms with Gasteiger partial charge >= 0.3 is 5.97 Å². The van der Waals surface area contributed by atoms with Gasteiger partial charge in [0.05, 0.1) is 19.4 Å². The molecular weight excluding hydrogens is 264 g/mol. The molecule has 1 aromatic rings. The van der Waals surface area contributed by atoms with E-state index in [0.717, 1.165) is 0 Å². The first-order valence-corrected chi connectivity index (χ1v) is 6.33. The summed E-state index contributed by atoms with van der Waals surface area (Å²) in [5.41, 5.74) is 0. The van der Waals surface area contributed by atoms with Crippen molar-refractivity contribution in [3.63, 3.8) is 0 Å². The normalized spacial score (nSPS) is 9.90. The van der Waals surface area contributed by atoms with E-state index in [2.05, 4.69) is 5.32 Å². The lowest BCUT2D eigenvalue weighted by Crippen LogP contribution is -2.42. The molecule has 1 aromatic heterocycles. The second-order valence-electron chi connectivity index (χ2n) is 3.87. The minimum Gasteiger partial charge on any atom is -0.465 e. The second-order valence-corrected chi connectivity index (χ2v) is 3.87. The number of hydrogen-bond acceptors (Lipinski definition) is 5. The van der Waals surface area contributed by atoms with Gasteiger partial charge in [0.1, 0.15) is 6.54 Å². The number of amides is 2. The lowest BCUT2D eigenvalue weighted by molar-refractivity contribution is -0.148. The molecule has 0 radical (unpaired) electrons. The maximum absolute atomic E-state index is 11.9. The quantitative estimate of drug-likeness (QED) is 0.732. The molecule has 1 rings (SSSR count). The van der Waals surface area contributed by atoms with E-state index in [9.17, 15) is 14.4 Å². The molecular formula is C13H18N2O5. The fourth-order valence-electron chi connectivity index (χ4n) is 1.50. The molecule has 0 fully saturated rings. The van der Waals surface area contributed by atoms with Crippen molar-refractivity contribution >= 4 is 17.8 Å². The lowest BCUT2D eigenvalue weighted by atomic mass is 10.4. The van der Waals surface area contributed by atoms with Crippen molar-refractivity contribution < 1.29 is 23.5 Å². The molecule has 0 atom stereocenters. The number of nitrogens with one attached hydrogen (secondary N) is 1. The Morgan fingerprint density at radius 1 is 1.35 bits per heavy atom. The number of ether oxygens (including phenoxy) is 1. The van der Waals surface area contributed by atoms with Crippen LogP contribution in [0.25, 0.3) is 0 Å². The first-order valence-electron chi connectivity index (χ1n) is 6.33. The topological polar surface area (TPSA) is 88.9 Å². The zero-order valence-electron chi connectivity index (χ0n) is 11.5. The summed E-state index contributed by atoms with van der Waals surface area (Å²) >= 11 is 0. The fourth-order valence-corrected chi connectivity index (χ4v) is 1.50. The highest BCUT2D eigenvalue weighted by atomic mass is 16.5. The van der Waals surface area contributed by atoms with Crippen molar-refractivity contribution in [2.45, 2.75) is 13.8 Å². The van der Waals surface area contributed by atoms with Crippen LogP contribution in [-0.4, -0.2) is 48.9 Å². The number of carbonyl (C=O) groups is 3. The van der Waals surface area contributed by atoms with E-state index in [1.807, 2.05) is 0 Å². The van der Waals surface area contributed by atoms with Crippen LogP contribution in [-0.2, 0) is 14.3 Å². The standard InChI is InChI=1S/C13H18N2O5/c1-3-15(9-12(17)19-4-2)11(16)8-14-13(18)10-6-5-7-20-10/h5-7H,3-4,8-9H2,1-2H3,(H,14,18). The molecule has 0 saturated heterocycles. The van der Waals surface area contributed by atoms with Gasteiger partial charge < -0.3 is 19.4 Å². The van der Waals surface area contributed by atoms with E-state index in [1.54, 1.807) is 19.9 Å². The molecule has 0 aliphatic carbocycles. The first-order chi connectivity index (χ1) is 9.58. The summed E-state index contributed by atoms with van der Waals surface area (Å²) in [5, 5.41) is 2.43. The summed E-state index contributed by atoms with van der Waals surface area (Å²) in [5.74, 6) is -1.18. The maximum atomic E-state index is 11.9. The predicted molar refractivity (Wildman–Crippen MR) is 69.9 cm³/mol. The molecule has 0 aliphatic heterocycles. The van der Waals surface area contributed by atoms with Crippen molar-refractivity contribution in [3.05, 3.63) is 24.2 Å². The molecule has 110 valence electrons. The number of hydrogen-bond donors (Lipinski definition) is 1. The third kappa shape index (κ3) is 4.75. The molecule has 0 aliphatic rings. The van der Waals surface area contributed by atoms with Crippen molar-refractivity contribution in [1.82, 2.24) is 10.2 Å². The number of nitrogens with zero attached hydrogens (tertiary/aromatic N) is 1. The molecule has 1 heterocycles. The van der Waals surface area contributed by atoms with Crippen LogP contribution < -0.4 is 5.32 Å². The van der Waals surface area contributed by atoms with Crippen LogP contribution in [0.4, 0.5) is 0 Å². The monoisotopic (exact) mass is 282 g/mol. The third-order valence-electron chi connectivity index (χ3n) is 2.50. The van der Waals surface area contributed by atoms with Crippen LogP contribution in [0.3, 0.4) is 0 Å². The van der Waals surface area contributed by atoms with Crippen molar-refractivity contribution in [2.75, 3.05) is 26.2 Å². The van der Waals surface area contributed by atoms with Gasteiger partial charge in [-0.05, 0) is 26.0 Å². The highest BCUT2D eigenvalue weighted by Gasteiger charge is 2.17. The van der Waals surface area contributed by atoms with Gasteiger partial charge in [0.25, 0.3) is 5.91 Å². The fraction of sp³-hybridized carbons (Fsp3) is 0.462.